The van der Waals surface area contributed by atoms with Gasteiger partial charge in [-0.15, -0.1) is 0 Å². The summed E-state index contributed by atoms with van der Waals surface area (Å²) in [5, 5.41) is 11.0. The van der Waals surface area contributed by atoms with Crippen LogP contribution in [-0.4, -0.2) is 52.7 Å². The van der Waals surface area contributed by atoms with Crippen LogP contribution < -0.4 is 5.32 Å². The first-order chi connectivity index (χ1) is 13.6. The Balaban J connectivity index is 1.58. The molecule has 1 fully saturated rings. The normalized spacial score (nSPS) is 18.7. The summed E-state index contributed by atoms with van der Waals surface area (Å²) in [6.07, 6.45) is 5.27. The molecule has 6 heteroatoms. The number of likely N-dealkylation sites (tertiary alicyclic amines) is 1. The third-order valence-corrected chi connectivity index (χ3v) is 5.76. The van der Waals surface area contributed by atoms with Gasteiger partial charge in [0.15, 0.2) is 0 Å². The minimum atomic E-state index is -0.101. The maximum absolute atomic E-state index is 13.1. The number of likely N-dealkylation sites (N-methyl/N-ethyl adjacent to an activating group) is 2. The first-order valence-corrected chi connectivity index (χ1v) is 9.85. The Kier molecular flexibility index (Phi) is 5.30. The van der Waals surface area contributed by atoms with Gasteiger partial charge in [-0.2, -0.15) is 5.10 Å². The van der Waals surface area contributed by atoms with Crippen LogP contribution in [0, 0.1) is 0 Å². The van der Waals surface area contributed by atoms with Gasteiger partial charge in [-0.3, -0.25) is 5.10 Å². The van der Waals surface area contributed by atoms with Crippen molar-refractivity contribution >= 4 is 22.6 Å². The average molecular weight is 377 g/mol. The van der Waals surface area contributed by atoms with E-state index in [1.165, 1.54) is 18.4 Å². The lowest BCUT2D eigenvalue weighted by molar-refractivity contribution is 0.0992. The van der Waals surface area contributed by atoms with E-state index in [2.05, 4.69) is 39.6 Å². The number of rotatable bonds is 4. The number of urea groups is 1. The first kappa shape index (κ1) is 18.5. The Hall–Kier alpha value is -2.86. The van der Waals surface area contributed by atoms with Gasteiger partial charge in [-0.1, -0.05) is 36.8 Å². The summed E-state index contributed by atoms with van der Waals surface area (Å²) in [5.74, 6) is 0. The van der Waals surface area contributed by atoms with Gasteiger partial charge in [0.2, 0.25) is 0 Å². The number of aromatic amines is 1. The highest BCUT2D eigenvalue weighted by molar-refractivity contribution is 5.92. The molecule has 1 saturated heterocycles. The Bertz CT molecular complexity index is 938. The minimum Gasteiger partial charge on any atom is -0.319 e. The van der Waals surface area contributed by atoms with Crippen LogP contribution in [0.15, 0.2) is 54.7 Å². The molecule has 0 bridgehead atoms. The topological polar surface area (TPSA) is 64.3 Å². The Morgan fingerprint density at radius 2 is 2.07 bits per heavy atom. The van der Waals surface area contributed by atoms with E-state index in [-0.39, 0.29) is 12.1 Å². The number of carbonyl (C=O) groups excluding carboxylic acids is 1. The van der Waals surface area contributed by atoms with Gasteiger partial charge >= 0.3 is 6.03 Å². The second-order valence-corrected chi connectivity index (χ2v) is 7.61. The molecule has 146 valence electrons. The molecule has 6 nitrogen and oxygen atoms in total. The van der Waals surface area contributed by atoms with E-state index in [0.717, 1.165) is 29.6 Å². The van der Waals surface area contributed by atoms with E-state index in [4.69, 9.17) is 0 Å². The molecule has 1 aromatic heterocycles. The monoisotopic (exact) mass is 377 g/mol. The van der Waals surface area contributed by atoms with Crippen molar-refractivity contribution in [3.63, 3.8) is 0 Å². The number of nitrogens with zero attached hydrogens (tertiary/aromatic N) is 3. The number of carbonyl (C=O) groups is 1. The molecule has 2 N–H and O–H groups in total. The van der Waals surface area contributed by atoms with E-state index in [1.54, 1.807) is 6.20 Å². The molecule has 0 spiro atoms. The molecule has 2 heterocycles. The lowest BCUT2D eigenvalue weighted by atomic mass is 9.90. The van der Waals surface area contributed by atoms with Gasteiger partial charge < -0.3 is 15.1 Å². The van der Waals surface area contributed by atoms with E-state index in [1.807, 2.05) is 48.3 Å². The Labute approximate surface area is 165 Å². The van der Waals surface area contributed by atoms with Crippen molar-refractivity contribution in [3.05, 3.63) is 60.3 Å². The van der Waals surface area contributed by atoms with Gasteiger partial charge in [-0.25, -0.2) is 4.79 Å². The van der Waals surface area contributed by atoms with E-state index < -0.39 is 0 Å². The summed E-state index contributed by atoms with van der Waals surface area (Å²) in [4.78, 5) is 17.4. The van der Waals surface area contributed by atoms with Crippen molar-refractivity contribution in [1.82, 2.24) is 20.0 Å². The number of benzene rings is 2. The summed E-state index contributed by atoms with van der Waals surface area (Å²) in [7, 11) is 4.06. The number of hydrogen-bond acceptors (Lipinski definition) is 3. The molecule has 3 aromatic rings. The van der Waals surface area contributed by atoms with Gasteiger partial charge in [-0.05, 0) is 50.2 Å². The fourth-order valence-electron chi connectivity index (χ4n) is 4.21. The van der Waals surface area contributed by atoms with Crippen LogP contribution in [0.4, 0.5) is 10.5 Å². The van der Waals surface area contributed by atoms with Gasteiger partial charge in [0.25, 0.3) is 0 Å². The maximum atomic E-state index is 13.1. The quantitative estimate of drug-likeness (QED) is 0.714. The van der Waals surface area contributed by atoms with Gasteiger partial charge in [0, 0.05) is 24.2 Å². The molecule has 0 aliphatic carbocycles. The van der Waals surface area contributed by atoms with Crippen molar-refractivity contribution in [1.29, 1.82) is 0 Å². The third kappa shape index (κ3) is 3.73. The summed E-state index contributed by atoms with van der Waals surface area (Å²) in [6, 6.07) is 16.3. The Morgan fingerprint density at radius 3 is 2.86 bits per heavy atom. The van der Waals surface area contributed by atoms with Crippen LogP contribution in [0.25, 0.3) is 10.9 Å². The SMILES string of the molecule is CN1CCCCC1C(c1ccccc1)N(C)C(=O)Nc1ccc2[nH]ncc2c1. The Morgan fingerprint density at radius 1 is 1.25 bits per heavy atom. The van der Waals surface area contributed by atoms with Crippen LogP contribution in [0.1, 0.15) is 30.9 Å². The second-order valence-electron chi connectivity index (χ2n) is 7.61. The molecule has 28 heavy (non-hydrogen) atoms. The molecule has 1 aliphatic rings. The summed E-state index contributed by atoms with van der Waals surface area (Å²) in [5.41, 5.74) is 2.90. The molecule has 0 radical (unpaired) electrons. The lowest BCUT2D eigenvalue weighted by Gasteiger charge is -2.42. The van der Waals surface area contributed by atoms with Crippen LogP contribution in [0.5, 0.6) is 0 Å². The van der Waals surface area contributed by atoms with E-state index in [0.29, 0.717) is 6.04 Å². The number of amides is 2. The summed E-state index contributed by atoms with van der Waals surface area (Å²) < 4.78 is 0. The number of H-pyrrole nitrogens is 1. The zero-order chi connectivity index (χ0) is 19.5. The predicted molar refractivity (Wildman–Crippen MR) is 112 cm³/mol. The maximum Gasteiger partial charge on any atom is 0.322 e. The molecule has 0 saturated carbocycles. The number of nitrogens with one attached hydrogen (secondary N) is 2. The second kappa shape index (κ2) is 8.02. The zero-order valence-corrected chi connectivity index (χ0v) is 16.4. The summed E-state index contributed by atoms with van der Waals surface area (Å²) >= 11 is 0. The smallest absolute Gasteiger partial charge is 0.319 e. The van der Waals surface area contributed by atoms with Crippen molar-refractivity contribution < 1.29 is 4.79 Å². The summed E-state index contributed by atoms with van der Waals surface area (Å²) in [6.45, 7) is 1.07. The van der Waals surface area contributed by atoms with Crippen LogP contribution in [-0.2, 0) is 0 Å². The number of hydrogen-bond donors (Lipinski definition) is 2. The molecule has 4 rings (SSSR count). The van der Waals surface area contributed by atoms with Crippen molar-refractivity contribution in [2.45, 2.75) is 31.3 Å². The minimum absolute atomic E-state index is 0.00385. The van der Waals surface area contributed by atoms with Crippen molar-refractivity contribution in [3.8, 4) is 0 Å². The van der Waals surface area contributed by atoms with E-state index in [9.17, 15) is 4.79 Å². The van der Waals surface area contributed by atoms with E-state index >= 15 is 0 Å². The zero-order valence-electron chi connectivity index (χ0n) is 16.4. The van der Waals surface area contributed by atoms with Gasteiger partial charge in [0.05, 0.1) is 17.8 Å². The number of fused-ring (bicyclic) bond motifs is 1. The molecular weight excluding hydrogens is 350 g/mol. The third-order valence-electron chi connectivity index (χ3n) is 5.76. The molecular formula is C22H27N5O. The van der Waals surface area contributed by atoms with Gasteiger partial charge in [0.1, 0.15) is 0 Å². The van der Waals surface area contributed by atoms with Crippen molar-refractivity contribution in [2.24, 2.45) is 0 Å². The highest BCUT2D eigenvalue weighted by Crippen LogP contribution is 2.32. The number of aromatic nitrogens is 2. The molecule has 2 amide bonds. The van der Waals surface area contributed by atoms with Crippen LogP contribution in [0.2, 0.25) is 0 Å². The van der Waals surface area contributed by atoms with Crippen molar-refractivity contribution in [2.75, 3.05) is 26.0 Å². The number of piperidine rings is 1. The molecule has 2 aromatic carbocycles. The molecule has 2 unspecified atom stereocenters. The highest BCUT2D eigenvalue weighted by Gasteiger charge is 2.33. The van der Waals surface area contributed by atoms with Crippen LogP contribution >= 0.6 is 0 Å². The largest absolute Gasteiger partial charge is 0.322 e. The number of anilines is 1. The average Bonchev–Trinajstić information content (AvgIpc) is 3.18. The molecule has 2 atom stereocenters. The standard InChI is InChI=1S/C22H27N5O/c1-26-13-7-6-10-20(26)21(16-8-4-3-5-9-16)27(2)22(28)24-18-11-12-19-17(14-18)15-23-25-19/h3-5,8-9,11-12,14-15,20-21H,6-7,10,13H2,1-2H3,(H,23,25)(H,24,28). The predicted octanol–water partition coefficient (Wildman–Crippen LogP) is 4.25. The lowest BCUT2D eigenvalue weighted by Crippen LogP contribution is -2.48. The highest BCUT2D eigenvalue weighted by atomic mass is 16.2. The molecule has 1 aliphatic heterocycles. The fraction of sp³-hybridized carbons (Fsp3) is 0.364. The fourth-order valence-corrected chi connectivity index (χ4v) is 4.21. The van der Waals surface area contributed by atoms with Crippen LogP contribution in [0.3, 0.4) is 0 Å². The first-order valence-electron chi connectivity index (χ1n) is 9.85.